The van der Waals surface area contributed by atoms with E-state index in [1.165, 1.54) is 5.39 Å². The zero-order valence-electron chi connectivity index (χ0n) is 7.82. The highest BCUT2D eigenvalue weighted by atomic mass is 32.2. The topological polar surface area (TPSA) is 39.6 Å². The van der Waals surface area contributed by atoms with Crippen LogP contribution < -0.4 is 0 Å². The molecule has 0 amide bonds. The number of rotatable bonds is 2. The first-order valence-electron chi connectivity index (χ1n) is 4.43. The van der Waals surface area contributed by atoms with Crippen molar-refractivity contribution >= 4 is 22.7 Å². The number of aromatic amines is 1. The third kappa shape index (κ3) is 1.75. The van der Waals surface area contributed by atoms with E-state index in [-0.39, 0.29) is 5.25 Å². The summed E-state index contributed by atoms with van der Waals surface area (Å²) in [4.78, 5) is 3.27. The van der Waals surface area contributed by atoms with Crippen molar-refractivity contribution in [1.82, 2.24) is 4.98 Å². The van der Waals surface area contributed by atoms with Crippen LogP contribution in [0.25, 0.3) is 10.9 Å². The molecule has 0 radical (unpaired) electrons. The summed E-state index contributed by atoms with van der Waals surface area (Å²) in [6.45, 7) is 1.90. The molecule has 1 atom stereocenters. The lowest BCUT2D eigenvalue weighted by Gasteiger charge is -1.97. The minimum atomic E-state index is -0.0111. The summed E-state index contributed by atoms with van der Waals surface area (Å²) in [5, 5.41) is 10.9. The number of hydrogen-bond donors (Lipinski definition) is 1. The van der Waals surface area contributed by atoms with Crippen LogP contribution in [0.15, 0.2) is 35.4 Å². The van der Waals surface area contributed by atoms with Crippen LogP contribution in [0, 0.1) is 11.3 Å². The molecule has 0 aliphatic carbocycles. The molecule has 0 aliphatic rings. The van der Waals surface area contributed by atoms with Gasteiger partial charge in [-0.05, 0) is 19.1 Å². The molecule has 1 heterocycles. The van der Waals surface area contributed by atoms with Gasteiger partial charge in [0.25, 0.3) is 0 Å². The van der Waals surface area contributed by atoms with Gasteiger partial charge in [0.1, 0.15) is 0 Å². The van der Waals surface area contributed by atoms with Gasteiger partial charge in [-0.3, -0.25) is 0 Å². The maximum Gasteiger partial charge on any atom is 0.0949 e. The maximum atomic E-state index is 8.69. The Bertz CT molecular complexity index is 448. The molecule has 1 aromatic heterocycles. The maximum absolute atomic E-state index is 8.69. The summed E-state index contributed by atoms with van der Waals surface area (Å²) in [7, 11) is 0. The largest absolute Gasteiger partial charge is 0.350 e. The van der Waals surface area contributed by atoms with E-state index in [1.54, 1.807) is 11.8 Å². The van der Waals surface area contributed by atoms with Crippen LogP contribution in [0.3, 0.4) is 0 Å². The average molecular weight is 202 g/mol. The van der Waals surface area contributed by atoms with Gasteiger partial charge in [0, 0.05) is 10.9 Å². The van der Waals surface area contributed by atoms with Crippen molar-refractivity contribution in [3.05, 3.63) is 30.3 Å². The molecule has 0 saturated heterocycles. The summed E-state index contributed by atoms with van der Waals surface area (Å²) in [6.07, 6.45) is 0. The second-order valence-electron chi connectivity index (χ2n) is 3.11. The number of nitriles is 1. The first-order chi connectivity index (χ1) is 6.79. The summed E-state index contributed by atoms with van der Waals surface area (Å²) in [6, 6.07) is 12.4. The Balaban J connectivity index is 2.32. The standard InChI is InChI=1S/C11H10N2S/c1-8(7-12)14-11-6-9-4-2-3-5-10(9)13-11/h2-6,8,13H,1H3. The van der Waals surface area contributed by atoms with E-state index in [0.29, 0.717) is 0 Å². The SMILES string of the molecule is CC(C#N)Sc1cc2ccccc2[nH]1. The number of benzene rings is 1. The van der Waals surface area contributed by atoms with Crippen molar-refractivity contribution in [2.24, 2.45) is 0 Å². The van der Waals surface area contributed by atoms with Gasteiger partial charge in [-0.1, -0.05) is 30.0 Å². The number of thioether (sulfide) groups is 1. The monoisotopic (exact) mass is 202 g/mol. The molecule has 1 unspecified atom stereocenters. The van der Waals surface area contributed by atoms with Gasteiger partial charge in [-0.2, -0.15) is 5.26 Å². The zero-order valence-corrected chi connectivity index (χ0v) is 8.64. The smallest absolute Gasteiger partial charge is 0.0949 e. The predicted molar refractivity (Wildman–Crippen MR) is 59.2 cm³/mol. The molecule has 14 heavy (non-hydrogen) atoms. The Morgan fingerprint density at radius 1 is 1.43 bits per heavy atom. The molecule has 2 nitrogen and oxygen atoms in total. The molecule has 0 fully saturated rings. The fourth-order valence-corrected chi connectivity index (χ4v) is 2.12. The summed E-state index contributed by atoms with van der Waals surface area (Å²) in [5.74, 6) is 0. The van der Waals surface area contributed by atoms with Gasteiger partial charge in [0.05, 0.1) is 16.3 Å². The van der Waals surface area contributed by atoms with Gasteiger partial charge < -0.3 is 4.98 Å². The van der Waals surface area contributed by atoms with Crippen molar-refractivity contribution in [2.75, 3.05) is 0 Å². The fourth-order valence-electron chi connectivity index (χ4n) is 1.33. The molecular formula is C11H10N2S. The Kier molecular flexibility index (Phi) is 2.47. The Hall–Kier alpha value is -1.40. The van der Waals surface area contributed by atoms with Crippen LogP contribution in [0.4, 0.5) is 0 Å². The summed E-state index contributed by atoms with van der Waals surface area (Å²) >= 11 is 1.55. The zero-order chi connectivity index (χ0) is 9.97. The average Bonchev–Trinajstić information content (AvgIpc) is 2.59. The molecule has 3 heteroatoms. The van der Waals surface area contributed by atoms with E-state index in [1.807, 2.05) is 25.1 Å². The molecule has 1 N–H and O–H groups in total. The second kappa shape index (κ2) is 3.77. The van der Waals surface area contributed by atoms with Crippen LogP contribution in [0.5, 0.6) is 0 Å². The number of aromatic nitrogens is 1. The molecule has 0 bridgehead atoms. The minimum absolute atomic E-state index is 0.0111. The van der Waals surface area contributed by atoms with E-state index in [2.05, 4.69) is 23.2 Å². The molecule has 70 valence electrons. The molecule has 2 rings (SSSR count). The molecule has 2 aromatic rings. The molecule has 0 aliphatic heterocycles. The Labute approximate surface area is 86.9 Å². The van der Waals surface area contributed by atoms with Crippen molar-refractivity contribution < 1.29 is 0 Å². The lowest BCUT2D eigenvalue weighted by molar-refractivity contribution is 1.19. The molecule has 0 saturated carbocycles. The number of para-hydroxylation sites is 1. The lowest BCUT2D eigenvalue weighted by Crippen LogP contribution is -1.88. The first-order valence-corrected chi connectivity index (χ1v) is 5.31. The van der Waals surface area contributed by atoms with Crippen LogP contribution >= 0.6 is 11.8 Å². The first kappa shape index (κ1) is 9.17. The highest BCUT2D eigenvalue weighted by Crippen LogP contribution is 2.25. The molecule has 0 spiro atoms. The molecular weight excluding hydrogens is 192 g/mol. The lowest BCUT2D eigenvalue weighted by atomic mass is 10.3. The van der Waals surface area contributed by atoms with Crippen molar-refractivity contribution in [3.8, 4) is 6.07 Å². The second-order valence-corrected chi connectivity index (χ2v) is 4.49. The van der Waals surface area contributed by atoms with E-state index >= 15 is 0 Å². The van der Waals surface area contributed by atoms with Crippen molar-refractivity contribution in [1.29, 1.82) is 5.26 Å². The highest BCUT2D eigenvalue weighted by Gasteiger charge is 2.05. The Morgan fingerprint density at radius 3 is 2.93 bits per heavy atom. The van der Waals surface area contributed by atoms with E-state index in [9.17, 15) is 0 Å². The van der Waals surface area contributed by atoms with Gasteiger partial charge in [0.2, 0.25) is 0 Å². The quantitative estimate of drug-likeness (QED) is 0.760. The van der Waals surface area contributed by atoms with Crippen LogP contribution in [-0.4, -0.2) is 10.2 Å². The van der Waals surface area contributed by atoms with E-state index in [0.717, 1.165) is 10.5 Å². The van der Waals surface area contributed by atoms with Crippen LogP contribution in [0.2, 0.25) is 0 Å². The number of nitrogens with zero attached hydrogens (tertiary/aromatic N) is 1. The number of hydrogen-bond acceptors (Lipinski definition) is 2. The summed E-state index contributed by atoms with van der Waals surface area (Å²) < 4.78 is 0. The van der Waals surface area contributed by atoms with Crippen LogP contribution in [-0.2, 0) is 0 Å². The molecule has 1 aromatic carbocycles. The fraction of sp³-hybridized carbons (Fsp3) is 0.182. The third-order valence-electron chi connectivity index (χ3n) is 1.99. The normalized spacial score (nSPS) is 12.6. The minimum Gasteiger partial charge on any atom is -0.350 e. The van der Waals surface area contributed by atoms with Gasteiger partial charge >= 0.3 is 0 Å². The number of nitrogens with one attached hydrogen (secondary N) is 1. The van der Waals surface area contributed by atoms with Crippen molar-refractivity contribution in [2.45, 2.75) is 17.2 Å². The van der Waals surface area contributed by atoms with Crippen LogP contribution in [0.1, 0.15) is 6.92 Å². The van der Waals surface area contributed by atoms with Gasteiger partial charge in [-0.25, -0.2) is 0 Å². The van der Waals surface area contributed by atoms with Gasteiger partial charge in [-0.15, -0.1) is 0 Å². The van der Waals surface area contributed by atoms with Gasteiger partial charge in [0.15, 0.2) is 0 Å². The number of H-pyrrole nitrogens is 1. The van der Waals surface area contributed by atoms with E-state index < -0.39 is 0 Å². The highest BCUT2D eigenvalue weighted by molar-refractivity contribution is 8.00. The Morgan fingerprint density at radius 2 is 2.21 bits per heavy atom. The summed E-state index contributed by atoms with van der Waals surface area (Å²) in [5.41, 5.74) is 1.13. The predicted octanol–water partition coefficient (Wildman–Crippen LogP) is 3.17. The van der Waals surface area contributed by atoms with Crippen molar-refractivity contribution in [3.63, 3.8) is 0 Å². The number of fused-ring (bicyclic) bond motifs is 1. The van der Waals surface area contributed by atoms with E-state index in [4.69, 9.17) is 5.26 Å². The third-order valence-corrected chi connectivity index (χ3v) is 2.92.